The molecule has 0 saturated carbocycles. The van der Waals surface area contributed by atoms with E-state index in [1.807, 2.05) is 48.7 Å². The molecule has 2 aromatic heterocycles. The van der Waals surface area contributed by atoms with Crippen LogP contribution in [-0.4, -0.2) is 58.7 Å². The minimum absolute atomic E-state index is 0.399. The first-order valence-corrected chi connectivity index (χ1v) is 15.6. The SMILES string of the molecule is O=C(Oc1ccc(Cl)cc1)N1CCc2c([nH]c3ccc(Cl)cc23)C1c1ccc(Oc2ncc(CN3CCOCC3)s2)cc1. The van der Waals surface area contributed by atoms with Crippen LogP contribution in [0.3, 0.4) is 0 Å². The van der Waals surface area contributed by atoms with Gasteiger partial charge in [-0.15, -0.1) is 0 Å². The van der Waals surface area contributed by atoms with Gasteiger partial charge in [-0.1, -0.05) is 46.7 Å². The Kier molecular flexibility index (Phi) is 7.99. The zero-order valence-electron chi connectivity index (χ0n) is 23.1. The van der Waals surface area contributed by atoms with E-state index in [0.717, 1.165) is 65.4 Å². The number of carbonyl (C=O) groups excluding carboxylic acids is 1. The first kappa shape index (κ1) is 28.2. The molecule has 0 aliphatic carbocycles. The molecule has 0 radical (unpaired) electrons. The van der Waals surface area contributed by atoms with E-state index in [1.54, 1.807) is 40.5 Å². The number of ether oxygens (including phenoxy) is 3. The molecular weight excluding hydrogens is 607 g/mol. The molecule has 0 spiro atoms. The maximum absolute atomic E-state index is 13.6. The van der Waals surface area contributed by atoms with Gasteiger partial charge < -0.3 is 19.2 Å². The summed E-state index contributed by atoms with van der Waals surface area (Å²) in [5.74, 6) is 1.10. The fraction of sp³-hybridized carbons (Fsp3) is 0.250. The minimum Gasteiger partial charge on any atom is -0.431 e. The molecule has 0 bridgehead atoms. The third-order valence-corrected chi connectivity index (χ3v) is 9.11. The van der Waals surface area contributed by atoms with Gasteiger partial charge in [0.15, 0.2) is 0 Å². The van der Waals surface area contributed by atoms with E-state index in [9.17, 15) is 4.79 Å². The summed E-state index contributed by atoms with van der Waals surface area (Å²) in [5.41, 5.74) is 3.99. The molecule has 5 aromatic rings. The van der Waals surface area contributed by atoms with E-state index in [2.05, 4.69) is 14.9 Å². The van der Waals surface area contributed by atoms with Gasteiger partial charge in [-0.3, -0.25) is 9.80 Å². The Balaban J connectivity index is 1.15. The molecule has 1 saturated heterocycles. The lowest BCUT2D eigenvalue weighted by molar-refractivity contribution is 0.0346. The largest absolute Gasteiger partial charge is 0.431 e. The molecule has 220 valence electrons. The highest BCUT2D eigenvalue weighted by Crippen LogP contribution is 2.40. The summed E-state index contributed by atoms with van der Waals surface area (Å²) < 4.78 is 17.3. The number of halogens is 2. The number of aromatic nitrogens is 2. The molecule has 43 heavy (non-hydrogen) atoms. The molecule has 1 fully saturated rings. The number of aromatic amines is 1. The standard InChI is InChI=1S/C32H28Cl2N4O4S/c33-21-3-8-24(9-4-21)42-32(39)38-12-11-26-27-17-22(34)5-10-28(27)36-29(26)30(38)20-1-6-23(7-2-20)41-31-35-18-25(43-31)19-37-13-15-40-16-14-37/h1-10,17-18,30,36H,11-16,19H2. The molecule has 1 N–H and O–H groups in total. The molecule has 2 aliphatic heterocycles. The zero-order chi connectivity index (χ0) is 29.3. The van der Waals surface area contributed by atoms with Crippen molar-refractivity contribution in [1.29, 1.82) is 0 Å². The van der Waals surface area contributed by atoms with E-state index in [0.29, 0.717) is 39.7 Å². The lowest BCUT2D eigenvalue weighted by Crippen LogP contribution is -2.42. The number of amides is 1. The molecule has 8 nitrogen and oxygen atoms in total. The lowest BCUT2D eigenvalue weighted by atomic mass is 9.92. The van der Waals surface area contributed by atoms with Crippen LogP contribution in [0.4, 0.5) is 4.79 Å². The minimum atomic E-state index is -0.439. The van der Waals surface area contributed by atoms with Crippen molar-refractivity contribution in [3.05, 3.63) is 105 Å². The van der Waals surface area contributed by atoms with Crippen LogP contribution in [0, 0.1) is 0 Å². The molecule has 1 unspecified atom stereocenters. The second-order valence-electron chi connectivity index (χ2n) is 10.5. The van der Waals surface area contributed by atoms with E-state index >= 15 is 0 Å². The summed E-state index contributed by atoms with van der Waals surface area (Å²) in [4.78, 5) is 26.9. The van der Waals surface area contributed by atoms with Gasteiger partial charge in [0, 0.05) is 63.9 Å². The smallest absolute Gasteiger partial charge is 0.416 e. The van der Waals surface area contributed by atoms with Gasteiger partial charge >= 0.3 is 6.09 Å². The highest BCUT2D eigenvalue weighted by Gasteiger charge is 2.36. The number of carbonyl (C=O) groups is 1. The highest BCUT2D eigenvalue weighted by molar-refractivity contribution is 7.13. The predicted molar refractivity (Wildman–Crippen MR) is 168 cm³/mol. The summed E-state index contributed by atoms with van der Waals surface area (Å²) in [5, 5.41) is 2.91. The lowest BCUT2D eigenvalue weighted by Gasteiger charge is -2.35. The summed E-state index contributed by atoms with van der Waals surface area (Å²) >= 11 is 13.9. The van der Waals surface area contributed by atoms with E-state index in [4.69, 9.17) is 37.4 Å². The van der Waals surface area contributed by atoms with Crippen molar-refractivity contribution < 1.29 is 19.0 Å². The van der Waals surface area contributed by atoms with Crippen LogP contribution >= 0.6 is 34.5 Å². The third-order valence-electron chi connectivity index (χ3n) is 7.76. The maximum Gasteiger partial charge on any atom is 0.416 e. The van der Waals surface area contributed by atoms with E-state index in [1.165, 1.54) is 0 Å². The number of H-pyrrole nitrogens is 1. The second-order valence-corrected chi connectivity index (χ2v) is 12.5. The molecule has 7 rings (SSSR count). The van der Waals surface area contributed by atoms with Crippen molar-refractivity contribution in [2.24, 2.45) is 0 Å². The quantitative estimate of drug-likeness (QED) is 0.206. The number of thiazole rings is 1. The topological polar surface area (TPSA) is 79.9 Å². The Labute approximate surface area is 262 Å². The maximum atomic E-state index is 13.6. The Hall–Kier alpha value is -3.60. The number of hydrogen-bond donors (Lipinski definition) is 1. The fourth-order valence-corrected chi connectivity index (χ4v) is 6.79. The average molecular weight is 636 g/mol. The van der Waals surface area contributed by atoms with Crippen molar-refractivity contribution in [3.8, 4) is 16.7 Å². The average Bonchev–Trinajstić information content (AvgIpc) is 3.62. The van der Waals surface area contributed by atoms with Gasteiger partial charge in [-0.2, -0.15) is 0 Å². The van der Waals surface area contributed by atoms with E-state index in [-0.39, 0.29) is 0 Å². The van der Waals surface area contributed by atoms with Crippen molar-refractivity contribution in [2.75, 3.05) is 32.8 Å². The van der Waals surface area contributed by atoms with Crippen LogP contribution < -0.4 is 9.47 Å². The number of nitrogens with one attached hydrogen (secondary N) is 1. The first-order chi connectivity index (χ1) is 21.0. The Morgan fingerprint density at radius 2 is 1.72 bits per heavy atom. The van der Waals surface area contributed by atoms with E-state index < -0.39 is 12.1 Å². The van der Waals surface area contributed by atoms with Crippen LogP contribution in [0.5, 0.6) is 16.7 Å². The molecule has 3 aromatic carbocycles. The number of fused-ring (bicyclic) bond motifs is 3. The normalized spacial score (nSPS) is 17.2. The number of benzene rings is 3. The van der Waals surface area contributed by atoms with Crippen LogP contribution in [0.1, 0.15) is 27.7 Å². The number of rotatable bonds is 6. The summed E-state index contributed by atoms with van der Waals surface area (Å²) in [6.45, 7) is 4.69. The van der Waals surface area contributed by atoms with Crippen LogP contribution in [0.15, 0.2) is 72.9 Å². The second kappa shape index (κ2) is 12.2. The first-order valence-electron chi connectivity index (χ1n) is 14.1. The van der Waals surface area contributed by atoms with Crippen LogP contribution in [-0.2, 0) is 17.7 Å². The Bertz CT molecular complexity index is 1750. The summed E-state index contributed by atoms with van der Waals surface area (Å²) in [7, 11) is 0. The number of hydrogen-bond acceptors (Lipinski definition) is 7. The van der Waals surface area contributed by atoms with Gasteiger partial charge in [0.1, 0.15) is 17.5 Å². The number of morpholine rings is 1. The van der Waals surface area contributed by atoms with Gasteiger partial charge in [-0.25, -0.2) is 9.78 Å². The van der Waals surface area contributed by atoms with Crippen LogP contribution in [0.2, 0.25) is 10.0 Å². The zero-order valence-corrected chi connectivity index (χ0v) is 25.4. The molecule has 4 heterocycles. The summed E-state index contributed by atoms with van der Waals surface area (Å²) in [6, 6.07) is 20.0. The van der Waals surface area contributed by atoms with Gasteiger partial charge in [-0.05, 0) is 72.1 Å². The molecule has 1 atom stereocenters. The van der Waals surface area contributed by atoms with Crippen LogP contribution in [0.25, 0.3) is 10.9 Å². The van der Waals surface area contributed by atoms with Crippen molar-refractivity contribution in [2.45, 2.75) is 19.0 Å². The summed E-state index contributed by atoms with van der Waals surface area (Å²) in [6.07, 6.45) is 2.10. The monoisotopic (exact) mass is 634 g/mol. The number of nitrogens with zero attached hydrogens (tertiary/aromatic N) is 3. The van der Waals surface area contributed by atoms with Crippen molar-refractivity contribution >= 4 is 51.5 Å². The molecule has 2 aliphatic rings. The van der Waals surface area contributed by atoms with Crippen molar-refractivity contribution in [1.82, 2.24) is 19.8 Å². The Morgan fingerprint density at radius 1 is 0.977 bits per heavy atom. The highest BCUT2D eigenvalue weighted by atomic mass is 35.5. The molecule has 1 amide bonds. The predicted octanol–water partition coefficient (Wildman–Crippen LogP) is 7.70. The molecular formula is C32H28Cl2N4O4S. The van der Waals surface area contributed by atoms with Gasteiger partial charge in [0.05, 0.1) is 13.2 Å². The van der Waals surface area contributed by atoms with Gasteiger partial charge in [0.2, 0.25) is 0 Å². The van der Waals surface area contributed by atoms with Gasteiger partial charge in [0.25, 0.3) is 5.19 Å². The van der Waals surface area contributed by atoms with Crippen molar-refractivity contribution in [3.63, 3.8) is 0 Å². The fourth-order valence-electron chi connectivity index (χ4n) is 5.67. The third kappa shape index (κ3) is 6.09. The molecule has 11 heteroatoms. The Morgan fingerprint density at radius 3 is 2.51 bits per heavy atom.